The monoisotopic (exact) mass is 732 g/mol. The minimum atomic E-state index is -3.67. The first kappa shape index (κ1) is 45.2. The van der Waals surface area contributed by atoms with Crippen LogP contribution in [0.1, 0.15) is 39.4 Å². The fourth-order valence-corrected chi connectivity index (χ4v) is 3.63. The average molecular weight is 733 g/mol. The van der Waals surface area contributed by atoms with Crippen LogP contribution in [0.15, 0.2) is 41.4 Å². The lowest BCUT2D eigenvalue weighted by Gasteiger charge is -1.94. The van der Waals surface area contributed by atoms with Crippen LogP contribution >= 0.6 is 0 Å². The Bertz CT molecular complexity index is 2690. The predicted molar refractivity (Wildman–Crippen MR) is 220 cm³/mol. The summed E-state index contributed by atoms with van der Waals surface area (Å²) in [7, 11) is -1.98. The highest BCUT2D eigenvalue weighted by Gasteiger charge is 2.06. The molecule has 4 rings (SSSR count). The largest absolute Gasteiger partial charge is 0.494 e. The topological polar surface area (TPSA) is 199 Å². The molecular weight excluding hydrogens is 689 g/mol. The van der Waals surface area contributed by atoms with E-state index in [1.165, 1.54) is 5.56 Å². The van der Waals surface area contributed by atoms with Gasteiger partial charge in [-0.1, -0.05) is 30.0 Å². The van der Waals surface area contributed by atoms with Crippen LogP contribution in [0.2, 0.25) is 0 Å². The molecule has 6 N–H and O–H groups in total. The molecule has 1 aliphatic heterocycles. The Morgan fingerprint density at radius 3 is 1.66 bits per heavy atom. The van der Waals surface area contributed by atoms with Crippen LogP contribution < -0.4 is 26.0 Å². The van der Waals surface area contributed by atoms with Crippen LogP contribution in [0.3, 0.4) is 0 Å². The Balaban J connectivity index is -0.000000142. The first-order valence-electron chi connectivity index (χ1n) is 14.5. The number of hydrogen-bond acceptors (Lipinski definition) is 5. The van der Waals surface area contributed by atoms with E-state index in [4.69, 9.17) is 25.3 Å². The van der Waals surface area contributed by atoms with Gasteiger partial charge in [-0.3, -0.25) is 4.55 Å². The van der Waals surface area contributed by atoms with E-state index < -0.39 is 10.1 Å². The maximum absolute atomic E-state index is 9.19. The molecule has 0 spiro atoms. The van der Waals surface area contributed by atoms with Crippen molar-refractivity contribution in [2.75, 3.05) is 13.4 Å². The zero-order valence-electron chi connectivity index (χ0n) is 29.5. The van der Waals surface area contributed by atoms with Crippen molar-refractivity contribution in [2.24, 2.45) is 4.99 Å². The lowest BCUT2D eigenvalue weighted by molar-refractivity contribution is 0.412. The van der Waals surface area contributed by atoms with Crippen molar-refractivity contribution in [2.45, 2.75) is 27.7 Å². The number of hydrogen-bond donors (Lipinski definition) is 4. The van der Waals surface area contributed by atoms with Crippen molar-refractivity contribution in [3.8, 4) is 112 Å². The highest BCUT2D eigenvalue weighted by atomic mass is 32.2. The molecule has 0 saturated heterocycles. The third-order valence-corrected chi connectivity index (χ3v) is 5.44. The van der Waals surface area contributed by atoms with Crippen LogP contribution in [-0.4, -0.2) is 41.8 Å². The molecule has 1 aromatic carbocycles. The molecule has 0 saturated carbocycles. The molecule has 0 amide bonds. The normalized spacial score (nSPS) is 9.91. The Kier molecular flexibility index (Phi) is 22.3. The van der Waals surface area contributed by atoms with Gasteiger partial charge in [0.15, 0.2) is 0 Å². The number of methoxy groups -OCH3 is 1. The smallest absolute Gasteiger partial charge is 0.261 e. The zero-order valence-corrected chi connectivity index (χ0v) is 30.4. The number of nitrogens with zero attached hydrogens (tertiary/aromatic N) is 3. The van der Waals surface area contributed by atoms with Crippen molar-refractivity contribution < 1.29 is 31.7 Å². The lowest BCUT2D eigenvalue weighted by atomic mass is 10.2. The number of fused-ring (bicyclic) bond motifs is 1. The average Bonchev–Trinajstić information content (AvgIpc) is 3.80. The van der Waals surface area contributed by atoms with Gasteiger partial charge in [-0.15, -0.1) is 5.53 Å². The summed E-state index contributed by atoms with van der Waals surface area (Å²) in [6.45, 7) is 7.56. The van der Waals surface area contributed by atoms with Crippen LogP contribution in [0.5, 0.6) is 5.75 Å². The molecule has 274 valence electrons. The Morgan fingerprint density at radius 2 is 1.28 bits per heavy atom. The molecule has 1 aliphatic rings. The Hall–Kier alpha value is -7.79. The molecule has 0 atom stereocenters. The Morgan fingerprint density at radius 1 is 0.849 bits per heavy atom. The van der Waals surface area contributed by atoms with Gasteiger partial charge < -0.3 is 20.2 Å². The van der Waals surface area contributed by atoms with E-state index >= 15 is 0 Å². The number of benzene rings is 1. The van der Waals surface area contributed by atoms with Gasteiger partial charge in [-0.2, -0.15) is 8.42 Å². The van der Waals surface area contributed by atoms with Gasteiger partial charge in [0.2, 0.25) is 0 Å². The highest BCUT2D eigenvalue weighted by molar-refractivity contribution is 7.85. The third-order valence-electron chi connectivity index (χ3n) is 5.44. The van der Waals surface area contributed by atoms with Crippen molar-refractivity contribution in [1.82, 2.24) is 9.97 Å². The molecule has 3 heterocycles. The standard InChI is InChI=1S/C20H19N3O.C20H6.CH4O3S.HN3.H2O.6H2/c1-12-8-13(2)21-16(12)10-19-20(24-3)11-18(23-19)17-9-14-6-4-5-7-15(14)22-17;1-3-5-7-9-11-13-15-17-19-20-18-16-14-12-10-8-6-4-2;1-5(2,3)4;1-3-2;;;;;;;/h4-11,21,23H,1-3H3;1-2H3;1H3,(H,2,3,4);1H;1H2;6*1H/b18-17?,19-10-;;;;;;;;;;. The number of H-pyrrole nitrogens is 2. The van der Waals surface area contributed by atoms with Crippen molar-refractivity contribution in [3.05, 3.63) is 85.1 Å². The predicted octanol–water partition coefficient (Wildman–Crippen LogP) is 3.11. The van der Waals surface area contributed by atoms with Gasteiger partial charge in [0.05, 0.1) is 35.1 Å². The Labute approximate surface area is 318 Å². The molecule has 0 aliphatic carbocycles. The first-order valence-corrected chi connectivity index (χ1v) is 16.4. The van der Waals surface area contributed by atoms with E-state index in [9.17, 15) is 8.42 Å². The zero-order chi connectivity index (χ0) is 38.6. The lowest BCUT2D eigenvalue weighted by Crippen LogP contribution is -2.19. The summed E-state index contributed by atoms with van der Waals surface area (Å²) < 4.78 is 31.4. The second-order valence-electron chi connectivity index (χ2n) is 9.39. The fraction of sp³-hybridized carbons (Fsp3) is 0.146. The number of rotatable bonds is 2. The van der Waals surface area contributed by atoms with E-state index in [1.807, 2.05) is 24.3 Å². The first-order chi connectivity index (χ1) is 25.0. The van der Waals surface area contributed by atoms with Crippen LogP contribution in [-0.2, 0) is 10.1 Å². The van der Waals surface area contributed by atoms with E-state index in [0.29, 0.717) is 6.26 Å². The minimum Gasteiger partial charge on any atom is -0.494 e. The molecule has 0 unspecified atom stereocenters. The minimum absolute atomic E-state index is 0. The number of aromatic nitrogens is 2. The van der Waals surface area contributed by atoms with Crippen LogP contribution in [0, 0.1) is 126 Å². The number of para-hydroxylation sites is 1. The van der Waals surface area contributed by atoms with E-state index in [1.54, 1.807) is 25.9 Å². The summed E-state index contributed by atoms with van der Waals surface area (Å²) in [5, 5.41) is 4.03. The van der Waals surface area contributed by atoms with E-state index in [-0.39, 0.29) is 14.0 Å². The molecule has 3 aromatic rings. The molecule has 2 aromatic heterocycles. The summed E-state index contributed by atoms with van der Waals surface area (Å²) in [5.74, 6) is 46.4. The molecule has 11 nitrogen and oxygen atoms in total. The van der Waals surface area contributed by atoms with Crippen molar-refractivity contribution >= 4 is 28.0 Å². The summed E-state index contributed by atoms with van der Waals surface area (Å²) in [6, 6.07) is 12.3. The van der Waals surface area contributed by atoms with Gasteiger partial charge in [0, 0.05) is 31.2 Å². The number of ether oxygens (including phenoxy) is 1. The summed E-state index contributed by atoms with van der Waals surface area (Å²) in [6.07, 6.45) is 4.88. The van der Waals surface area contributed by atoms with Gasteiger partial charge in [0.25, 0.3) is 10.1 Å². The molecule has 53 heavy (non-hydrogen) atoms. The molecular formula is C41H44N6O5S. The SMILES string of the molecule is CC#CC#CC#CC#CC#CC#CC#CC#CC#CC.COc1cc(=C2C=c3ccccc3=N2)[nH]/c1=C\c1[nH]c(C)cc1C.CS(=O)(=O)O.O.[HH].[HH].[HH].[HH].[HH].[HH].[N-]=[N+]=N. The summed E-state index contributed by atoms with van der Waals surface area (Å²) >= 11 is 0. The van der Waals surface area contributed by atoms with Gasteiger partial charge in [-0.25, -0.2) is 4.99 Å². The van der Waals surface area contributed by atoms with Crippen LogP contribution in [0.4, 0.5) is 0 Å². The second-order valence-corrected chi connectivity index (χ2v) is 10.9. The van der Waals surface area contributed by atoms with E-state index in [2.05, 4.69) is 155 Å². The van der Waals surface area contributed by atoms with Gasteiger partial charge in [-0.05, 0) is 163 Å². The number of aromatic amines is 2. The quantitative estimate of drug-likeness (QED) is 0.103. The van der Waals surface area contributed by atoms with Crippen molar-refractivity contribution in [1.29, 1.82) is 5.53 Å². The van der Waals surface area contributed by atoms with Gasteiger partial charge in [0.1, 0.15) is 5.75 Å². The number of nitrogens with one attached hydrogen (secondary N) is 3. The summed E-state index contributed by atoms with van der Waals surface area (Å²) in [4.78, 5) is 13.2. The second kappa shape index (κ2) is 26.1. The van der Waals surface area contributed by atoms with Crippen molar-refractivity contribution in [3.63, 3.8) is 0 Å². The maximum atomic E-state index is 9.19. The molecule has 0 fully saturated rings. The highest BCUT2D eigenvalue weighted by Crippen LogP contribution is 2.10. The molecule has 0 bridgehead atoms. The maximum Gasteiger partial charge on any atom is 0.261 e. The fourth-order valence-electron chi connectivity index (χ4n) is 3.63. The van der Waals surface area contributed by atoms with Gasteiger partial charge >= 0.3 is 0 Å². The molecule has 12 heteroatoms. The van der Waals surface area contributed by atoms with E-state index in [0.717, 1.165) is 44.1 Å². The third kappa shape index (κ3) is 20.4. The number of aryl methyl sites for hydroxylation is 2. The summed E-state index contributed by atoms with van der Waals surface area (Å²) in [5.41, 5.74) is 16.6. The molecule has 0 radical (unpaired) electrons. The van der Waals surface area contributed by atoms with Crippen LogP contribution in [0.25, 0.3) is 28.3 Å².